The van der Waals surface area contributed by atoms with E-state index in [-0.39, 0.29) is 6.17 Å². The van der Waals surface area contributed by atoms with Crippen LogP contribution in [0.5, 0.6) is 0 Å². The number of nitrogens with one attached hydrogen (secondary N) is 1. The van der Waals surface area contributed by atoms with E-state index < -0.39 is 5.41 Å². The fourth-order valence-corrected chi connectivity index (χ4v) is 11.3. The van der Waals surface area contributed by atoms with Crippen molar-refractivity contribution in [3.05, 3.63) is 228 Å². The van der Waals surface area contributed by atoms with Gasteiger partial charge in [-0.05, 0) is 121 Å². The van der Waals surface area contributed by atoms with Crippen molar-refractivity contribution in [1.29, 1.82) is 0 Å². The van der Waals surface area contributed by atoms with Crippen molar-refractivity contribution in [1.82, 2.24) is 0 Å². The van der Waals surface area contributed by atoms with Gasteiger partial charge in [-0.25, -0.2) is 4.99 Å². The Morgan fingerprint density at radius 1 is 0.475 bits per heavy atom. The maximum Gasteiger partial charge on any atom is 0.143 e. The molecule has 0 bridgehead atoms. The summed E-state index contributed by atoms with van der Waals surface area (Å²) >= 11 is 0. The van der Waals surface area contributed by atoms with Gasteiger partial charge in [0.2, 0.25) is 0 Å². The van der Waals surface area contributed by atoms with Crippen molar-refractivity contribution in [2.45, 2.75) is 11.6 Å². The van der Waals surface area contributed by atoms with Crippen LogP contribution in [0.3, 0.4) is 0 Å². The van der Waals surface area contributed by atoms with Crippen LogP contribution in [0.4, 0.5) is 34.1 Å². The number of fused-ring (bicyclic) bond motifs is 18. The Labute approximate surface area is 342 Å². The number of anilines is 5. The lowest BCUT2D eigenvalue weighted by Gasteiger charge is -2.45. The number of amidine groups is 1. The first kappa shape index (κ1) is 31.4. The first-order chi connectivity index (χ1) is 29.3. The third kappa shape index (κ3) is 3.86. The molecule has 59 heavy (non-hydrogen) atoms. The Balaban J connectivity index is 1.12. The smallest absolute Gasteiger partial charge is 0.143 e. The number of benzene rings is 9. The molecule has 5 aliphatic rings. The number of aliphatic imine (C=N–C) groups is 1. The van der Waals surface area contributed by atoms with Crippen molar-refractivity contribution in [3.8, 4) is 33.4 Å². The van der Waals surface area contributed by atoms with E-state index in [0.717, 1.165) is 34.1 Å². The molecule has 0 amide bonds. The van der Waals surface area contributed by atoms with Crippen LogP contribution in [0.25, 0.3) is 44.2 Å². The van der Waals surface area contributed by atoms with Crippen molar-refractivity contribution >= 4 is 50.7 Å². The Bertz CT molecular complexity index is 3300. The van der Waals surface area contributed by atoms with Crippen LogP contribution in [-0.4, -0.2) is 5.84 Å². The largest absolute Gasteiger partial charge is 0.359 e. The highest BCUT2D eigenvalue weighted by Crippen LogP contribution is 2.66. The number of rotatable bonds is 2. The van der Waals surface area contributed by atoms with Crippen LogP contribution in [0.15, 0.2) is 199 Å². The molecule has 0 saturated carbocycles. The van der Waals surface area contributed by atoms with E-state index in [4.69, 9.17) is 4.99 Å². The Morgan fingerprint density at radius 2 is 1.14 bits per heavy atom. The molecular weight excluding hydrogens is 717 g/mol. The highest BCUT2D eigenvalue weighted by molar-refractivity contribution is 6.22. The average molecular weight is 751 g/mol. The molecule has 9 aromatic carbocycles. The van der Waals surface area contributed by atoms with Crippen LogP contribution in [0, 0.1) is 0 Å². The third-order valence-corrected chi connectivity index (χ3v) is 13.5. The molecule has 3 aliphatic heterocycles. The summed E-state index contributed by atoms with van der Waals surface area (Å²) in [6.07, 6.45) is -0.0612. The van der Waals surface area contributed by atoms with E-state index >= 15 is 0 Å². The number of hydrogen-bond acceptors (Lipinski definition) is 4. The maximum absolute atomic E-state index is 5.51. The fourth-order valence-electron chi connectivity index (χ4n) is 11.3. The maximum atomic E-state index is 5.51. The molecule has 1 N–H and O–H groups in total. The number of hydrogen-bond donors (Lipinski definition) is 1. The van der Waals surface area contributed by atoms with Crippen LogP contribution >= 0.6 is 0 Å². The topological polar surface area (TPSA) is 30.9 Å². The summed E-state index contributed by atoms with van der Waals surface area (Å²) in [5, 5.41) is 6.50. The van der Waals surface area contributed by atoms with Crippen LogP contribution < -0.4 is 15.1 Å². The first-order valence-electron chi connectivity index (χ1n) is 20.5. The molecule has 9 aromatic rings. The van der Waals surface area contributed by atoms with Crippen molar-refractivity contribution < 1.29 is 0 Å². The standard InChI is InChI=1S/C55H34N4/c1-2-15-34(16-3-1)58-48-26-11-7-22-42(48)55(43-23-8-12-27-49(43)58)44-31-33(53-56-46-24-9-6-19-39(46)54-57-47-25-10-13-28-50(47)59(53)54)29-30-38(44)52-40-21-14-20-37-35-17-4-5-18-36(35)41(51(37)40)32-45(52)55/h1-32,54,57H. The van der Waals surface area contributed by atoms with Crippen molar-refractivity contribution in [2.24, 2.45) is 4.99 Å². The summed E-state index contributed by atoms with van der Waals surface area (Å²) < 4.78 is 0. The Morgan fingerprint density at radius 3 is 1.95 bits per heavy atom. The summed E-state index contributed by atoms with van der Waals surface area (Å²) in [5.41, 5.74) is 21.4. The van der Waals surface area contributed by atoms with E-state index in [9.17, 15) is 0 Å². The summed E-state index contributed by atoms with van der Waals surface area (Å²) in [5.74, 6) is 0.950. The summed E-state index contributed by atoms with van der Waals surface area (Å²) in [6, 6.07) is 71.9. The summed E-state index contributed by atoms with van der Waals surface area (Å²) in [7, 11) is 0. The zero-order chi connectivity index (χ0) is 38.4. The van der Waals surface area contributed by atoms with E-state index in [2.05, 4.69) is 209 Å². The van der Waals surface area contributed by atoms with Gasteiger partial charge in [-0.1, -0.05) is 140 Å². The zero-order valence-electron chi connectivity index (χ0n) is 31.9. The Kier molecular flexibility index (Phi) is 5.98. The van der Waals surface area contributed by atoms with Gasteiger partial charge in [0.25, 0.3) is 0 Å². The van der Waals surface area contributed by atoms with Gasteiger partial charge in [-0.15, -0.1) is 0 Å². The van der Waals surface area contributed by atoms with Gasteiger partial charge in [-0.3, -0.25) is 4.90 Å². The lowest BCUT2D eigenvalue weighted by atomic mass is 9.64. The molecule has 0 radical (unpaired) electrons. The van der Waals surface area contributed by atoms with E-state index in [0.29, 0.717) is 0 Å². The average Bonchev–Trinajstić information content (AvgIpc) is 3.95. The third-order valence-electron chi connectivity index (χ3n) is 13.5. The lowest BCUT2D eigenvalue weighted by molar-refractivity contribution is 0.753. The van der Waals surface area contributed by atoms with Gasteiger partial charge in [-0.2, -0.15) is 0 Å². The van der Waals surface area contributed by atoms with Gasteiger partial charge in [0.15, 0.2) is 0 Å². The molecule has 14 rings (SSSR count). The molecule has 2 aliphatic carbocycles. The molecule has 1 spiro atoms. The van der Waals surface area contributed by atoms with Crippen LogP contribution in [-0.2, 0) is 5.41 Å². The molecule has 4 nitrogen and oxygen atoms in total. The van der Waals surface area contributed by atoms with Gasteiger partial charge in [0, 0.05) is 16.8 Å². The second kappa shape index (κ2) is 11.2. The van der Waals surface area contributed by atoms with Crippen LogP contribution in [0.2, 0.25) is 0 Å². The lowest BCUT2D eigenvalue weighted by Crippen LogP contribution is -2.38. The molecule has 0 saturated heterocycles. The monoisotopic (exact) mass is 750 g/mol. The molecule has 1 unspecified atom stereocenters. The van der Waals surface area contributed by atoms with Gasteiger partial charge >= 0.3 is 0 Å². The molecule has 0 aromatic heterocycles. The fraction of sp³-hybridized carbons (Fsp3) is 0.0364. The van der Waals surface area contributed by atoms with Crippen molar-refractivity contribution in [3.63, 3.8) is 0 Å². The van der Waals surface area contributed by atoms with Gasteiger partial charge < -0.3 is 10.2 Å². The zero-order valence-corrected chi connectivity index (χ0v) is 31.9. The predicted octanol–water partition coefficient (Wildman–Crippen LogP) is 13.7. The molecule has 0 fully saturated rings. The highest BCUT2D eigenvalue weighted by atomic mass is 15.4. The molecule has 3 heterocycles. The minimum Gasteiger partial charge on any atom is -0.359 e. The molecular formula is C55H34N4. The van der Waals surface area contributed by atoms with E-state index in [1.165, 1.54) is 83.3 Å². The molecule has 4 heteroatoms. The minimum absolute atomic E-state index is 0.0612. The van der Waals surface area contributed by atoms with E-state index in [1.807, 2.05) is 0 Å². The van der Waals surface area contributed by atoms with Crippen LogP contribution in [0.1, 0.15) is 39.5 Å². The minimum atomic E-state index is -0.634. The Hall–Kier alpha value is -7.69. The highest BCUT2D eigenvalue weighted by Gasteiger charge is 2.53. The molecule has 274 valence electrons. The van der Waals surface area contributed by atoms with Gasteiger partial charge in [0.05, 0.1) is 33.9 Å². The van der Waals surface area contributed by atoms with E-state index in [1.54, 1.807) is 0 Å². The first-order valence-corrected chi connectivity index (χ1v) is 20.5. The quantitative estimate of drug-likeness (QED) is 0.191. The SMILES string of the molecule is c1ccc(N2c3ccccc3C3(c4cc(C5=Nc6ccccc6C6Nc7ccccc7N56)ccc4-c4c3cc3c5c(cccc45)-c4ccccc4-3)c3ccccc32)cc1. The number of para-hydroxylation sites is 6. The second-order valence-electron chi connectivity index (χ2n) is 16.3. The number of nitrogens with zero attached hydrogens (tertiary/aromatic N) is 3. The summed E-state index contributed by atoms with van der Waals surface area (Å²) in [4.78, 5) is 10.4. The van der Waals surface area contributed by atoms with Gasteiger partial charge in [0.1, 0.15) is 12.0 Å². The predicted molar refractivity (Wildman–Crippen MR) is 242 cm³/mol. The normalized spacial score (nSPS) is 16.3. The molecule has 1 atom stereocenters. The van der Waals surface area contributed by atoms with Crippen molar-refractivity contribution in [2.75, 3.05) is 15.1 Å². The summed E-state index contributed by atoms with van der Waals surface area (Å²) in [6.45, 7) is 0. The second-order valence-corrected chi connectivity index (χ2v) is 16.3.